The lowest BCUT2D eigenvalue weighted by molar-refractivity contribution is -0.306. The van der Waals surface area contributed by atoms with Crippen LogP contribution < -0.4 is 5.11 Å². The highest BCUT2D eigenvalue weighted by molar-refractivity contribution is 5.69. The number of nitrogens with zero attached hydrogens (tertiary/aromatic N) is 3. The zero-order chi connectivity index (χ0) is 25.0. The molecule has 8 nitrogen and oxygen atoms in total. The number of phenolic OH excluding ortho intramolecular Hbond substituents is 1. The van der Waals surface area contributed by atoms with Gasteiger partial charge in [0.15, 0.2) is 0 Å². The molecule has 1 saturated heterocycles. The van der Waals surface area contributed by atoms with E-state index in [1.54, 1.807) is 4.90 Å². The summed E-state index contributed by atoms with van der Waals surface area (Å²) >= 11 is 0. The molecule has 0 bridgehead atoms. The summed E-state index contributed by atoms with van der Waals surface area (Å²) in [6.07, 6.45) is 0. The Kier molecular flexibility index (Phi) is 8.90. The summed E-state index contributed by atoms with van der Waals surface area (Å²) in [5.41, 5.74) is 2.58. The van der Waals surface area contributed by atoms with Crippen LogP contribution >= 0.6 is 0 Å². The number of rotatable bonds is 6. The normalized spacial score (nSPS) is 17.9. The summed E-state index contributed by atoms with van der Waals surface area (Å²) in [5.74, 6) is -1.75. The molecule has 0 saturated carbocycles. The predicted molar refractivity (Wildman–Crippen MR) is 126 cm³/mol. The summed E-state index contributed by atoms with van der Waals surface area (Å²) < 4.78 is 0. The van der Waals surface area contributed by atoms with Crippen LogP contribution in [-0.4, -0.2) is 89.2 Å². The van der Waals surface area contributed by atoms with Crippen LogP contribution in [0.2, 0.25) is 0 Å². The number of carboxylic acid groups (broad SMARTS) is 2. The molecule has 0 spiro atoms. The van der Waals surface area contributed by atoms with Crippen molar-refractivity contribution in [2.24, 2.45) is 0 Å². The largest absolute Gasteiger partial charge is 0.549 e. The van der Waals surface area contributed by atoms with Crippen LogP contribution in [-0.2, 0) is 27.0 Å². The van der Waals surface area contributed by atoms with E-state index in [1.807, 2.05) is 4.90 Å². The molecule has 0 atom stereocenters. The summed E-state index contributed by atoms with van der Waals surface area (Å²) in [7, 11) is 0. The molecular weight excluding hydrogens is 422 g/mol. The average molecular weight is 463 g/mol. The van der Waals surface area contributed by atoms with E-state index in [-0.39, 0.29) is 23.9 Å². The third-order valence-electron chi connectivity index (χ3n) is 6.17. The maximum atomic E-state index is 11.3. The molecule has 1 aromatic carbocycles. The fourth-order valence-electron chi connectivity index (χ4n) is 4.09. The number of carbonyl (C=O) groups is 2. The van der Waals surface area contributed by atoms with Gasteiger partial charge >= 0.3 is 5.97 Å². The molecular formula is C25H40N3O5-. The maximum Gasteiger partial charge on any atom is 0.317 e. The lowest BCUT2D eigenvalue weighted by Crippen LogP contribution is -2.43. The Morgan fingerprint density at radius 2 is 1.33 bits per heavy atom. The number of hydrogen-bond acceptors (Lipinski definition) is 7. The van der Waals surface area contributed by atoms with Crippen molar-refractivity contribution in [2.75, 3.05) is 52.4 Å². The van der Waals surface area contributed by atoms with Crippen LogP contribution in [0.3, 0.4) is 0 Å². The van der Waals surface area contributed by atoms with Crippen molar-refractivity contribution in [3.8, 4) is 5.75 Å². The summed E-state index contributed by atoms with van der Waals surface area (Å²) in [4.78, 5) is 28.2. The van der Waals surface area contributed by atoms with Crippen LogP contribution in [0.4, 0.5) is 0 Å². The van der Waals surface area contributed by atoms with Crippen LogP contribution in [0.15, 0.2) is 12.1 Å². The van der Waals surface area contributed by atoms with Gasteiger partial charge in [-0.3, -0.25) is 19.5 Å². The lowest BCUT2D eigenvalue weighted by atomic mass is 9.79. The zero-order valence-electron chi connectivity index (χ0n) is 21.0. The first-order chi connectivity index (χ1) is 15.2. The SMILES string of the molecule is CC(C)(C)c1cc(CN2CCN(CC(=O)[O-])CCN(CC(=O)O)CC2)c(O)c(C(C)(C)C)c1. The van der Waals surface area contributed by atoms with Gasteiger partial charge in [-0.05, 0) is 22.0 Å². The van der Waals surface area contributed by atoms with Gasteiger partial charge in [-0.2, -0.15) is 0 Å². The van der Waals surface area contributed by atoms with Gasteiger partial charge in [0.05, 0.1) is 12.5 Å². The van der Waals surface area contributed by atoms with Crippen molar-refractivity contribution in [3.05, 3.63) is 28.8 Å². The minimum atomic E-state index is -1.14. The quantitative estimate of drug-likeness (QED) is 0.650. The van der Waals surface area contributed by atoms with Crippen LogP contribution in [0, 0.1) is 0 Å². The van der Waals surface area contributed by atoms with Gasteiger partial charge in [-0.15, -0.1) is 0 Å². The Morgan fingerprint density at radius 1 is 0.848 bits per heavy atom. The van der Waals surface area contributed by atoms with Crippen LogP contribution in [0.1, 0.15) is 58.2 Å². The second kappa shape index (κ2) is 10.8. The molecule has 1 heterocycles. The molecule has 0 unspecified atom stereocenters. The van der Waals surface area contributed by atoms with E-state index >= 15 is 0 Å². The number of aromatic hydroxyl groups is 1. The molecule has 1 aliphatic heterocycles. The lowest BCUT2D eigenvalue weighted by Gasteiger charge is -2.30. The Bertz CT molecular complexity index is 814. The molecule has 1 aliphatic rings. The number of hydrogen-bond donors (Lipinski definition) is 2. The molecule has 33 heavy (non-hydrogen) atoms. The van der Waals surface area contributed by atoms with Crippen molar-refractivity contribution in [3.63, 3.8) is 0 Å². The Hall–Kier alpha value is -2.16. The zero-order valence-corrected chi connectivity index (χ0v) is 21.0. The van der Waals surface area contributed by atoms with Gasteiger partial charge in [0.2, 0.25) is 0 Å². The van der Waals surface area contributed by atoms with Gasteiger partial charge in [0.1, 0.15) is 5.75 Å². The third kappa shape index (κ3) is 8.28. The van der Waals surface area contributed by atoms with E-state index in [0.29, 0.717) is 51.6 Å². The van der Waals surface area contributed by atoms with Gasteiger partial charge < -0.3 is 20.1 Å². The molecule has 186 valence electrons. The fraction of sp³-hybridized carbons (Fsp3) is 0.680. The number of carboxylic acids is 2. The third-order valence-corrected chi connectivity index (χ3v) is 6.17. The van der Waals surface area contributed by atoms with Crippen molar-refractivity contribution in [2.45, 2.75) is 58.9 Å². The standard InChI is InChI=1S/C25H41N3O5/c1-24(2,3)19-13-18(23(33)20(14-19)25(4,5)6)15-26-7-9-27(16-21(29)30)11-12-28(10-8-26)17-22(31)32/h13-14,33H,7-12,15-17H2,1-6H3,(H,29,30)(H,31,32)/p-1. The highest BCUT2D eigenvalue weighted by atomic mass is 16.4. The average Bonchev–Trinajstić information content (AvgIpc) is 2.73. The second-order valence-corrected chi connectivity index (χ2v) is 11.1. The van der Waals surface area contributed by atoms with E-state index in [1.165, 1.54) is 0 Å². The maximum absolute atomic E-state index is 11.3. The monoisotopic (exact) mass is 462 g/mol. The van der Waals surface area contributed by atoms with Gasteiger partial charge in [-0.25, -0.2) is 0 Å². The van der Waals surface area contributed by atoms with Gasteiger partial charge in [0, 0.05) is 57.9 Å². The minimum absolute atomic E-state index is 0.0836. The fourth-order valence-corrected chi connectivity index (χ4v) is 4.09. The van der Waals surface area contributed by atoms with E-state index in [9.17, 15) is 24.9 Å². The van der Waals surface area contributed by atoms with E-state index < -0.39 is 11.9 Å². The first-order valence-electron chi connectivity index (χ1n) is 11.6. The van der Waals surface area contributed by atoms with Crippen molar-refractivity contribution in [1.82, 2.24) is 14.7 Å². The predicted octanol–water partition coefficient (Wildman–Crippen LogP) is 1.24. The van der Waals surface area contributed by atoms with Crippen LogP contribution in [0.5, 0.6) is 5.75 Å². The molecule has 8 heteroatoms. The second-order valence-electron chi connectivity index (χ2n) is 11.1. The first-order valence-corrected chi connectivity index (χ1v) is 11.6. The molecule has 0 aliphatic carbocycles. The van der Waals surface area contributed by atoms with Gasteiger partial charge in [0.25, 0.3) is 0 Å². The Balaban J connectivity index is 2.35. The number of aliphatic carboxylic acids is 2. The van der Waals surface area contributed by atoms with Crippen molar-refractivity contribution < 1.29 is 24.9 Å². The number of phenols is 1. The highest BCUT2D eigenvalue weighted by Crippen LogP contribution is 2.38. The van der Waals surface area contributed by atoms with Crippen molar-refractivity contribution in [1.29, 1.82) is 0 Å². The summed E-state index contributed by atoms with van der Waals surface area (Å²) in [6.45, 7) is 16.2. The molecule has 0 aromatic heterocycles. The number of carbonyl (C=O) groups excluding carboxylic acids is 1. The number of benzene rings is 1. The Labute approximate surface area is 197 Å². The summed E-state index contributed by atoms with van der Waals surface area (Å²) in [5, 5.41) is 31.6. The highest BCUT2D eigenvalue weighted by Gasteiger charge is 2.26. The molecule has 0 radical (unpaired) electrons. The van der Waals surface area contributed by atoms with Gasteiger partial charge in [-0.1, -0.05) is 53.7 Å². The summed E-state index contributed by atoms with van der Waals surface area (Å²) in [6, 6.07) is 4.15. The molecule has 0 amide bonds. The molecule has 2 rings (SSSR count). The molecule has 1 aromatic rings. The smallest absolute Gasteiger partial charge is 0.317 e. The molecule has 1 fully saturated rings. The van der Waals surface area contributed by atoms with Crippen molar-refractivity contribution >= 4 is 11.9 Å². The molecule has 2 N–H and O–H groups in total. The first kappa shape index (κ1) is 27.1. The Morgan fingerprint density at radius 3 is 1.76 bits per heavy atom. The van der Waals surface area contributed by atoms with Crippen LogP contribution in [0.25, 0.3) is 0 Å². The minimum Gasteiger partial charge on any atom is -0.549 e. The van der Waals surface area contributed by atoms with E-state index in [0.717, 1.165) is 16.7 Å². The topological polar surface area (TPSA) is 107 Å². The van der Waals surface area contributed by atoms with E-state index in [2.05, 4.69) is 58.6 Å². The van der Waals surface area contributed by atoms with E-state index in [4.69, 9.17) is 0 Å².